The molecule has 0 saturated heterocycles. The van der Waals surface area contributed by atoms with E-state index in [1.807, 2.05) is 0 Å². The molecule has 0 saturated carbocycles. The van der Waals surface area contributed by atoms with Crippen molar-refractivity contribution in [1.29, 1.82) is 0 Å². The summed E-state index contributed by atoms with van der Waals surface area (Å²) < 4.78 is 6.52. The van der Waals surface area contributed by atoms with Crippen LogP contribution >= 0.6 is 0 Å². The second-order valence-electron chi connectivity index (χ2n) is 7.92. The average Bonchev–Trinajstić information content (AvgIpc) is 3.06. The van der Waals surface area contributed by atoms with Gasteiger partial charge in [-0.15, -0.1) is 0 Å². The molecule has 1 atom stereocenters. The lowest BCUT2D eigenvalue weighted by Crippen LogP contribution is -2.31. The molecular weight excluding hydrogens is 398 g/mol. The minimum atomic E-state index is -0.591. The van der Waals surface area contributed by atoms with Crippen molar-refractivity contribution in [3.05, 3.63) is 74.3 Å². The average molecular weight is 425 g/mol. The third-order valence-corrected chi connectivity index (χ3v) is 5.38. The fourth-order valence-electron chi connectivity index (χ4n) is 3.62. The highest BCUT2D eigenvalue weighted by atomic mass is 16.6. The van der Waals surface area contributed by atoms with Gasteiger partial charge in [-0.1, -0.05) is 45.0 Å². The molecule has 8 heteroatoms. The summed E-state index contributed by atoms with van der Waals surface area (Å²) in [7, 11) is 0. The van der Waals surface area contributed by atoms with E-state index in [1.165, 1.54) is 28.3 Å². The first-order valence-electron chi connectivity index (χ1n) is 10.5. The van der Waals surface area contributed by atoms with Gasteiger partial charge in [0.25, 0.3) is 5.69 Å². The molecule has 0 aliphatic heterocycles. The Labute approximate surface area is 180 Å². The van der Waals surface area contributed by atoms with Crippen molar-refractivity contribution in [2.24, 2.45) is 5.92 Å². The third-order valence-electron chi connectivity index (χ3n) is 5.38. The van der Waals surface area contributed by atoms with Gasteiger partial charge in [0.05, 0.1) is 22.5 Å². The standard InChI is InChI=1S/C23H27N3O5/c1-4-16-7-9-17(10-8-16)22(15(2)3)24-21(27)6-5-13-25-19-12-11-18(26(29)30)14-20(19)31-23(25)28/h7-12,14-15,22H,4-6,13H2,1-3H3,(H,24,27). The highest BCUT2D eigenvalue weighted by Gasteiger charge is 2.19. The summed E-state index contributed by atoms with van der Waals surface area (Å²) in [6.45, 7) is 6.52. The molecule has 0 aliphatic rings. The Morgan fingerprint density at radius 3 is 2.52 bits per heavy atom. The molecule has 1 unspecified atom stereocenters. The fourth-order valence-corrected chi connectivity index (χ4v) is 3.62. The smallest absolute Gasteiger partial charge is 0.407 e. The van der Waals surface area contributed by atoms with Crippen molar-refractivity contribution < 1.29 is 14.1 Å². The molecule has 31 heavy (non-hydrogen) atoms. The number of hydrogen-bond donors (Lipinski definition) is 1. The minimum Gasteiger partial charge on any atom is -0.407 e. The number of oxazole rings is 1. The van der Waals surface area contributed by atoms with E-state index in [2.05, 4.69) is 50.4 Å². The first kappa shape index (κ1) is 22.3. The zero-order chi connectivity index (χ0) is 22.5. The van der Waals surface area contributed by atoms with Gasteiger partial charge in [-0.2, -0.15) is 0 Å². The molecule has 3 aromatic rings. The van der Waals surface area contributed by atoms with Gasteiger partial charge < -0.3 is 9.73 Å². The third kappa shape index (κ3) is 5.20. The van der Waals surface area contributed by atoms with E-state index in [0.717, 1.165) is 12.0 Å². The van der Waals surface area contributed by atoms with Crippen molar-refractivity contribution in [2.45, 2.75) is 52.6 Å². The number of nitro groups is 1. The van der Waals surface area contributed by atoms with Crippen LogP contribution in [0.3, 0.4) is 0 Å². The lowest BCUT2D eigenvalue weighted by atomic mass is 9.94. The first-order chi connectivity index (χ1) is 14.8. The van der Waals surface area contributed by atoms with E-state index < -0.39 is 10.7 Å². The molecule has 164 valence electrons. The molecule has 0 aliphatic carbocycles. The molecule has 0 bridgehead atoms. The number of nitro benzene ring substituents is 1. The Morgan fingerprint density at radius 2 is 1.90 bits per heavy atom. The van der Waals surface area contributed by atoms with Crippen molar-refractivity contribution in [2.75, 3.05) is 0 Å². The predicted molar refractivity (Wildman–Crippen MR) is 118 cm³/mol. The SMILES string of the molecule is CCc1ccc(C(NC(=O)CCCn2c(=O)oc3cc([N+](=O)[O-])ccc32)C(C)C)cc1. The van der Waals surface area contributed by atoms with Crippen LogP contribution in [0.4, 0.5) is 5.69 Å². The predicted octanol–water partition coefficient (Wildman–Crippen LogP) is 4.36. The highest BCUT2D eigenvalue weighted by molar-refractivity contribution is 5.77. The summed E-state index contributed by atoms with van der Waals surface area (Å²) in [6, 6.07) is 12.2. The van der Waals surface area contributed by atoms with Crippen LogP contribution in [0.25, 0.3) is 11.1 Å². The number of aryl methyl sites for hydroxylation is 2. The second kappa shape index (κ2) is 9.59. The summed E-state index contributed by atoms with van der Waals surface area (Å²) in [4.78, 5) is 35.0. The molecule has 0 radical (unpaired) electrons. The summed E-state index contributed by atoms with van der Waals surface area (Å²) in [5, 5.41) is 14.0. The van der Waals surface area contributed by atoms with E-state index in [4.69, 9.17) is 4.42 Å². The molecular formula is C23H27N3O5. The number of nitrogens with zero attached hydrogens (tertiary/aromatic N) is 2. The van der Waals surface area contributed by atoms with Crippen LogP contribution in [-0.4, -0.2) is 15.4 Å². The van der Waals surface area contributed by atoms with Gasteiger partial charge in [0.2, 0.25) is 5.91 Å². The number of carbonyl (C=O) groups excluding carboxylic acids is 1. The molecule has 1 aromatic heterocycles. The molecule has 0 fully saturated rings. The van der Waals surface area contributed by atoms with Crippen LogP contribution in [0, 0.1) is 16.0 Å². The van der Waals surface area contributed by atoms with E-state index in [9.17, 15) is 19.7 Å². The zero-order valence-electron chi connectivity index (χ0n) is 18.0. The number of carbonyl (C=O) groups is 1. The molecule has 2 aromatic carbocycles. The van der Waals surface area contributed by atoms with Crippen molar-refractivity contribution in [3.63, 3.8) is 0 Å². The molecule has 1 N–H and O–H groups in total. The Hall–Kier alpha value is -3.42. The van der Waals surface area contributed by atoms with E-state index >= 15 is 0 Å². The minimum absolute atomic E-state index is 0.0866. The highest BCUT2D eigenvalue weighted by Crippen LogP contribution is 2.23. The number of rotatable bonds is 9. The Morgan fingerprint density at radius 1 is 1.19 bits per heavy atom. The molecule has 1 heterocycles. The second-order valence-corrected chi connectivity index (χ2v) is 7.92. The van der Waals surface area contributed by atoms with Crippen molar-refractivity contribution >= 4 is 22.7 Å². The van der Waals surface area contributed by atoms with Gasteiger partial charge >= 0.3 is 5.76 Å². The lowest BCUT2D eigenvalue weighted by Gasteiger charge is -2.23. The van der Waals surface area contributed by atoms with Crippen molar-refractivity contribution in [3.8, 4) is 0 Å². The van der Waals surface area contributed by atoms with Crippen LogP contribution in [0.2, 0.25) is 0 Å². The number of benzene rings is 2. The van der Waals surface area contributed by atoms with Gasteiger partial charge in [0.1, 0.15) is 0 Å². The van der Waals surface area contributed by atoms with Crippen LogP contribution < -0.4 is 11.1 Å². The quantitative estimate of drug-likeness (QED) is 0.405. The molecule has 3 rings (SSSR count). The number of hydrogen-bond acceptors (Lipinski definition) is 5. The Balaban J connectivity index is 1.63. The monoisotopic (exact) mass is 425 g/mol. The first-order valence-corrected chi connectivity index (χ1v) is 10.5. The maximum Gasteiger partial charge on any atom is 0.419 e. The van der Waals surface area contributed by atoms with Crippen LogP contribution in [0.15, 0.2) is 51.7 Å². The summed E-state index contributed by atoms with van der Waals surface area (Å²) >= 11 is 0. The Bertz CT molecular complexity index is 1130. The van der Waals surface area contributed by atoms with Crippen LogP contribution in [-0.2, 0) is 17.8 Å². The number of amides is 1. The number of non-ortho nitro benzene ring substituents is 1. The fraction of sp³-hybridized carbons (Fsp3) is 0.391. The summed E-state index contributed by atoms with van der Waals surface area (Å²) in [5.74, 6) is -0.450. The Kier molecular flexibility index (Phi) is 6.89. The topological polar surface area (TPSA) is 107 Å². The van der Waals surface area contributed by atoms with E-state index in [-0.39, 0.29) is 42.1 Å². The number of aromatic nitrogens is 1. The van der Waals surface area contributed by atoms with Crippen molar-refractivity contribution in [1.82, 2.24) is 9.88 Å². The van der Waals surface area contributed by atoms with Gasteiger partial charge in [-0.25, -0.2) is 4.79 Å². The van der Waals surface area contributed by atoms with E-state index in [0.29, 0.717) is 11.9 Å². The normalized spacial score (nSPS) is 12.3. The largest absolute Gasteiger partial charge is 0.419 e. The number of fused-ring (bicyclic) bond motifs is 1. The lowest BCUT2D eigenvalue weighted by molar-refractivity contribution is -0.384. The summed E-state index contributed by atoms with van der Waals surface area (Å²) in [5.41, 5.74) is 2.82. The summed E-state index contributed by atoms with van der Waals surface area (Å²) in [6.07, 6.45) is 1.66. The molecule has 8 nitrogen and oxygen atoms in total. The van der Waals surface area contributed by atoms with Crippen LogP contribution in [0.1, 0.15) is 50.8 Å². The van der Waals surface area contributed by atoms with Gasteiger partial charge in [0.15, 0.2) is 5.58 Å². The van der Waals surface area contributed by atoms with E-state index in [1.54, 1.807) is 0 Å². The molecule has 0 spiro atoms. The maximum atomic E-state index is 12.6. The zero-order valence-corrected chi connectivity index (χ0v) is 18.0. The number of nitrogens with one attached hydrogen (secondary N) is 1. The molecule has 1 amide bonds. The van der Waals surface area contributed by atoms with Crippen LogP contribution in [0.5, 0.6) is 0 Å². The van der Waals surface area contributed by atoms with Gasteiger partial charge in [0, 0.05) is 19.0 Å². The van der Waals surface area contributed by atoms with Gasteiger partial charge in [-0.05, 0) is 36.0 Å². The van der Waals surface area contributed by atoms with Gasteiger partial charge in [-0.3, -0.25) is 19.5 Å². The maximum absolute atomic E-state index is 12.6.